The second-order valence-electron chi connectivity index (χ2n) is 7.43. The molecule has 7 heteroatoms. The van der Waals surface area contributed by atoms with Crippen LogP contribution in [0.5, 0.6) is 0 Å². The third-order valence-corrected chi connectivity index (χ3v) is 5.12. The highest BCUT2D eigenvalue weighted by atomic mass is 35.5. The summed E-state index contributed by atoms with van der Waals surface area (Å²) in [6.07, 6.45) is 1.57. The van der Waals surface area contributed by atoms with Gasteiger partial charge in [0.2, 0.25) is 5.95 Å². The van der Waals surface area contributed by atoms with E-state index in [0.29, 0.717) is 22.6 Å². The van der Waals surface area contributed by atoms with Crippen molar-refractivity contribution in [1.82, 2.24) is 20.2 Å². The van der Waals surface area contributed by atoms with Crippen molar-refractivity contribution in [2.24, 2.45) is 0 Å². The third-order valence-electron chi connectivity index (χ3n) is 4.84. The zero-order valence-corrected chi connectivity index (χ0v) is 18.1. The normalized spacial score (nSPS) is 10.8. The number of anilines is 4. The number of nitrogens with one attached hydrogen (secondary N) is 3. The molecule has 0 radical (unpaired) electrons. The van der Waals surface area contributed by atoms with Crippen LogP contribution in [0, 0.1) is 27.7 Å². The molecule has 30 heavy (non-hydrogen) atoms. The average Bonchev–Trinajstić information content (AvgIpc) is 3.11. The smallest absolute Gasteiger partial charge is 0.229 e. The summed E-state index contributed by atoms with van der Waals surface area (Å²) in [5, 5.41) is 13.9. The monoisotopic (exact) mass is 418 g/mol. The molecule has 0 atom stereocenters. The highest BCUT2D eigenvalue weighted by Crippen LogP contribution is 2.31. The number of nitrogens with zero attached hydrogens (tertiary/aromatic N) is 3. The highest BCUT2D eigenvalue weighted by molar-refractivity contribution is 6.32. The fourth-order valence-electron chi connectivity index (χ4n) is 3.31. The second-order valence-corrected chi connectivity index (χ2v) is 7.84. The molecule has 0 spiro atoms. The number of halogens is 1. The fraction of sp³-hybridized carbons (Fsp3) is 0.174. The zero-order valence-electron chi connectivity index (χ0n) is 17.3. The Balaban J connectivity index is 1.61. The maximum absolute atomic E-state index is 6.26. The first-order chi connectivity index (χ1) is 14.4. The molecule has 4 rings (SSSR count). The largest absolute Gasteiger partial charge is 0.324 e. The minimum absolute atomic E-state index is 0.420. The van der Waals surface area contributed by atoms with E-state index >= 15 is 0 Å². The standard InChI is InChI=1S/C23H23ClN6/c1-13-6-5-7-17(8-13)18-9-15(3)20(10-14(18)2)26-23-25-12-19(24)22(28-23)27-21-11-16(4)29-30-21/h5-12H,1-4H3,(H3,25,26,27,28,29,30). The van der Waals surface area contributed by atoms with Crippen LogP contribution in [0.3, 0.4) is 0 Å². The lowest BCUT2D eigenvalue weighted by Gasteiger charge is -2.14. The summed E-state index contributed by atoms with van der Waals surface area (Å²) in [5.74, 6) is 1.60. The lowest BCUT2D eigenvalue weighted by atomic mass is 9.96. The van der Waals surface area contributed by atoms with Crippen LogP contribution in [0.15, 0.2) is 48.7 Å². The number of rotatable bonds is 5. The Bertz CT molecular complexity index is 1210. The molecule has 3 N–H and O–H groups in total. The fourth-order valence-corrected chi connectivity index (χ4v) is 3.45. The molecule has 0 saturated carbocycles. The molecular formula is C23H23ClN6. The van der Waals surface area contributed by atoms with Crippen molar-refractivity contribution in [3.05, 3.63) is 76.1 Å². The van der Waals surface area contributed by atoms with E-state index in [9.17, 15) is 0 Å². The van der Waals surface area contributed by atoms with Gasteiger partial charge in [0.1, 0.15) is 5.02 Å². The van der Waals surface area contributed by atoms with Gasteiger partial charge in [-0.05, 0) is 62.1 Å². The Morgan fingerprint density at radius 3 is 2.50 bits per heavy atom. The van der Waals surface area contributed by atoms with Crippen molar-refractivity contribution in [2.45, 2.75) is 27.7 Å². The molecule has 0 aliphatic rings. The molecule has 0 aliphatic carbocycles. The summed E-state index contributed by atoms with van der Waals surface area (Å²) in [6, 6.07) is 14.7. The second kappa shape index (κ2) is 8.16. The molecule has 0 amide bonds. The van der Waals surface area contributed by atoms with E-state index in [1.54, 1.807) is 6.20 Å². The van der Waals surface area contributed by atoms with Crippen molar-refractivity contribution in [2.75, 3.05) is 10.6 Å². The van der Waals surface area contributed by atoms with Gasteiger partial charge in [-0.3, -0.25) is 5.10 Å². The molecule has 152 valence electrons. The van der Waals surface area contributed by atoms with Crippen LogP contribution < -0.4 is 10.6 Å². The SMILES string of the molecule is Cc1cccc(-c2cc(C)c(Nc3ncc(Cl)c(Nc4cc(C)[nH]n4)n3)cc2C)c1. The molecule has 2 aromatic carbocycles. The van der Waals surface area contributed by atoms with Gasteiger partial charge in [0, 0.05) is 17.4 Å². The Kier molecular flexibility index (Phi) is 5.42. The van der Waals surface area contributed by atoms with Gasteiger partial charge >= 0.3 is 0 Å². The first-order valence-corrected chi connectivity index (χ1v) is 10.0. The van der Waals surface area contributed by atoms with Crippen molar-refractivity contribution >= 4 is 34.9 Å². The molecule has 0 saturated heterocycles. The lowest BCUT2D eigenvalue weighted by Crippen LogP contribution is -2.03. The minimum atomic E-state index is 0.420. The molecule has 6 nitrogen and oxygen atoms in total. The number of aromatic nitrogens is 4. The number of benzene rings is 2. The number of aryl methyl sites for hydroxylation is 4. The Morgan fingerprint density at radius 1 is 0.933 bits per heavy atom. The van der Waals surface area contributed by atoms with Gasteiger partial charge in [-0.1, -0.05) is 41.4 Å². The number of H-pyrrole nitrogens is 1. The van der Waals surface area contributed by atoms with E-state index in [-0.39, 0.29) is 0 Å². The predicted molar refractivity (Wildman–Crippen MR) is 123 cm³/mol. The third kappa shape index (κ3) is 4.28. The summed E-state index contributed by atoms with van der Waals surface area (Å²) >= 11 is 6.26. The van der Waals surface area contributed by atoms with Gasteiger partial charge in [-0.25, -0.2) is 4.98 Å². The van der Waals surface area contributed by atoms with Crippen LogP contribution in [0.1, 0.15) is 22.4 Å². The number of aromatic amines is 1. The van der Waals surface area contributed by atoms with E-state index in [1.165, 1.54) is 22.3 Å². The van der Waals surface area contributed by atoms with Crippen LogP contribution in [-0.4, -0.2) is 20.2 Å². The quantitative estimate of drug-likeness (QED) is 0.357. The number of hydrogen-bond acceptors (Lipinski definition) is 5. The van der Waals surface area contributed by atoms with Gasteiger partial charge in [0.15, 0.2) is 11.6 Å². The van der Waals surface area contributed by atoms with Crippen molar-refractivity contribution in [3.8, 4) is 11.1 Å². The maximum atomic E-state index is 6.26. The Morgan fingerprint density at radius 2 is 1.77 bits per heavy atom. The van der Waals surface area contributed by atoms with E-state index in [2.05, 4.69) is 88.0 Å². The van der Waals surface area contributed by atoms with Crippen LogP contribution in [0.4, 0.5) is 23.3 Å². The van der Waals surface area contributed by atoms with Gasteiger partial charge in [-0.15, -0.1) is 0 Å². The van der Waals surface area contributed by atoms with Crippen LogP contribution >= 0.6 is 11.6 Å². The van der Waals surface area contributed by atoms with Crippen LogP contribution in [0.25, 0.3) is 11.1 Å². The maximum Gasteiger partial charge on any atom is 0.229 e. The summed E-state index contributed by atoms with van der Waals surface area (Å²) in [4.78, 5) is 8.84. The van der Waals surface area contributed by atoms with Crippen molar-refractivity contribution < 1.29 is 0 Å². The Hall–Kier alpha value is -3.38. The van der Waals surface area contributed by atoms with Crippen molar-refractivity contribution in [1.29, 1.82) is 0 Å². The topological polar surface area (TPSA) is 78.5 Å². The molecule has 0 aliphatic heterocycles. The number of hydrogen-bond donors (Lipinski definition) is 3. The van der Waals surface area contributed by atoms with Gasteiger partial charge in [-0.2, -0.15) is 10.1 Å². The van der Waals surface area contributed by atoms with Gasteiger partial charge in [0.05, 0.1) is 6.20 Å². The average molecular weight is 419 g/mol. The molecule has 2 heterocycles. The molecule has 0 fully saturated rings. The van der Waals surface area contributed by atoms with E-state index in [0.717, 1.165) is 16.9 Å². The van der Waals surface area contributed by atoms with E-state index in [1.807, 2.05) is 13.0 Å². The summed E-state index contributed by atoms with van der Waals surface area (Å²) < 4.78 is 0. The van der Waals surface area contributed by atoms with Crippen LogP contribution in [-0.2, 0) is 0 Å². The summed E-state index contributed by atoms with van der Waals surface area (Å²) in [5.41, 5.74) is 7.85. The van der Waals surface area contributed by atoms with Crippen LogP contribution in [0.2, 0.25) is 5.02 Å². The summed E-state index contributed by atoms with van der Waals surface area (Å²) in [6.45, 7) is 8.22. The van der Waals surface area contributed by atoms with Crippen molar-refractivity contribution in [3.63, 3.8) is 0 Å². The summed E-state index contributed by atoms with van der Waals surface area (Å²) in [7, 11) is 0. The molecule has 0 unspecified atom stereocenters. The molecule has 2 aromatic heterocycles. The van der Waals surface area contributed by atoms with Gasteiger partial charge in [0.25, 0.3) is 0 Å². The van der Waals surface area contributed by atoms with Gasteiger partial charge < -0.3 is 10.6 Å². The molecular weight excluding hydrogens is 396 g/mol. The zero-order chi connectivity index (χ0) is 21.3. The van der Waals surface area contributed by atoms with E-state index < -0.39 is 0 Å². The Labute approximate surface area is 180 Å². The molecule has 0 bridgehead atoms. The first-order valence-electron chi connectivity index (χ1n) is 9.66. The minimum Gasteiger partial charge on any atom is -0.324 e. The first kappa shape index (κ1) is 19.9. The lowest BCUT2D eigenvalue weighted by molar-refractivity contribution is 1.05. The van der Waals surface area contributed by atoms with E-state index in [4.69, 9.17) is 11.6 Å². The highest BCUT2D eigenvalue weighted by Gasteiger charge is 2.11. The molecule has 4 aromatic rings. The predicted octanol–water partition coefficient (Wildman–Crippen LogP) is 6.24.